The van der Waals surface area contributed by atoms with E-state index in [1.54, 1.807) is 5.48 Å². The molecule has 0 heterocycles. The average molecular weight is 297 g/mol. The lowest BCUT2D eigenvalue weighted by Crippen LogP contribution is -2.27. The van der Waals surface area contributed by atoms with E-state index in [1.165, 1.54) is 12.8 Å². The van der Waals surface area contributed by atoms with E-state index >= 15 is 0 Å². The predicted octanol–water partition coefficient (Wildman–Crippen LogP) is 3.11. The summed E-state index contributed by atoms with van der Waals surface area (Å²) in [6.45, 7) is 0.762. The van der Waals surface area contributed by atoms with Crippen LogP contribution in [0, 0.1) is 5.92 Å². The molecule has 2 aromatic carbocycles. The van der Waals surface area contributed by atoms with E-state index in [0.717, 1.165) is 23.5 Å². The van der Waals surface area contributed by atoms with Gasteiger partial charge in [-0.15, -0.1) is 0 Å². The molecule has 0 bridgehead atoms. The van der Waals surface area contributed by atoms with Gasteiger partial charge < -0.3 is 4.74 Å². The summed E-state index contributed by atoms with van der Waals surface area (Å²) in [5.41, 5.74) is 3.41. The highest BCUT2D eigenvalue weighted by molar-refractivity contribution is 5.86. The molecule has 4 heteroatoms. The number of nitrogens with one attached hydrogen (secondary N) is 1. The molecule has 1 aliphatic carbocycles. The third-order valence-electron chi connectivity index (χ3n) is 3.90. The van der Waals surface area contributed by atoms with Crippen LogP contribution in [0.5, 0.6) is 5.75 Å². The molecule has 1 atom stereocenters. The van der Waals surface area contributed by atoms with Gasteiger partial charge in [0.1, 0.15) is 5.75 Å². The number of rotatable bonds is 6. The van der Waals surface area contributed by atoms with Crippen LogP contribution >= 0.6 is 0 Å². The molecule has 0 aliphatic heterocycles. The summed E-state index contributed by atoms with van der Waals surface area (Å²) < 4.78 is 5.71. The quantitative estimate of drug-likeness (QED) is 0.636. The Morgan fingerprint density at radius 1 is 1.09 bits per heavy atom. The highest BCUT2D eigenvalue weighted by atomic mass is 16.5. The number of amides is 1. The Hall–Kier alpha value is -2.33. The van der Waals surface area contributed by atoms with Gasteiger partial charge >= 0.3 is 0 Å². The van der Waals surface area contributed by atoms with Crippen LogP contribution < -0.4 is 10.2 Å². The Balaban J connectivity index is 1.79. The highest BCUT2D eigenvalue weighted by Gasteiger charge is 2.23. The summed E-state index contributed by atoms with van der Waals surface area (Å²) in [6.07, 6.45) is 2.51. The van der Waals surface area contributed by atoms with Crippen molar-refractivity contribution in [2.45, 2.75) is 18.8 Å². The minimum atomic E-state index is -0.538. The second-order valence-corrected chi connectivity index (χ2v) is 5.64. The third kappa shape index (κ3) is 3.46. The molecular formula is C18H19NO3. The number of benzene rings is 2. The average Bonchev–Trinajstić information content (AvgIpc) is 3.39. The molecule has 0 saturated heterocycles. The van der Waals surface area contributed by atoms with Crippen molar-refractivity contribution >= 4 is 5.91 Å². The first-order chi connectivity index (χ1) is 10.8. The Morgan fingerprint density at radius 3 is 2.32 bits per heavy atom. The summed E-state index contributed by atoms with van der Waals surface area (Å²) in [7, 11) is 0. The number of carbonyl (C=O) groups is 1. The lowest BCUT2D eigenvalue weighted by molar-refractivity contribution is -0.129. The molecule has 0 radical (unpaired) electrons. The summed E-state index contributed by atoms with van der Waals surface area (Å²) >= 11 is 0. The van der Waals surface area contributed by atoms with Gasteiger partial charge in [-0.3, -0.25) is 10.0 Å². The number of hydrogen-bond donors (Lipinski definition) is 2. The molecule has 1 aliphatic rings. The third-order valence-corrected chi connectivity index (χ3v) is 3.90. The van der Waals surface area contributed by atoms with Crippen molar-refractivity contribution in [1.29, 1.82) is 0 Å². The van der Waals surface area contributed by atoms with Crippen LogP contribution in [0.4, 0.5) is 0 Å². The van der Waals surface area contributed by atoms with Gasteiger partial charge in [-0.25, -0.2) is 5.48 Å². The van der Waals surface area contributed by atoms with Crippen molar-refractivity contribution in [3.05, 3.63) is 65.7 Å². The lowest BCUT2D eigenvalue weighted by Gasteiger charge is -2.16. The molecule has 22 heavy (non-hydrogen) atoms. The molecule has 2 N–H and O–H groups in total. The van der Waals surface area contributed by atoms with E-state index in [0.29, 0.717) is 5.92 Å². The number of carbonyl (C=O) groups excluding carboxylic acids is 1. The zero-order valence-corrected chi connectivity index (χ0v) is 12.2. The maximum absolute atomic E-state index is 12.0. The fourth-order valence-electron chi connectivity index (χ4n) is 2.46. The van der Waals surface area contributed by atoms with Gasteiger partial charge in [0.2, 0.25) is 0 Å². The zero-order valence-electron chi connectivity index (χ0n) is 12.2. The first-order valence-corrected chi connectivity index (χ1v) is 7.49. The van der Waals surface area contributed by atoms with Gasteiger partial charge in [0.25, 0.3) is 5.91 Å². The van der Waals surface area contributed by atoms with Crippen LogP contribution in [0.2, 0.25) is 0 Å². The van der Waals surface area contributed by atoms with Gasteiger partial charge in [-0.2, -0.15) is 0 Å². The zero-order chi connectivity index (χ0) is 15.4. The van der Waals surface area contributed by atoms with E-state index in [-0.39, 0.29) is 0 Å². The topological polar surface area (TPSA) is 58.6 Å². The normalized spacial score (nSPS) is 15.1. The second-order valence-electron chi connectivity index (χ2n) is 5.64. The second kappa shape index (κ2) is 6.62. The first kappa shape index (κ1) is 14.6. The molecule has 1 amide bonds. The maximum atomic E-state index is 12.0. The summed E-state index contributed by atoms with van der Waals surface area (Å²) in [4.78, 5) is 12.0. The minimum absolute atomic E-state index is 0.446. The molecule has 3 rings (SSSR count). The number of hydroxylamine groups is 1. The van der Waals surface area contributed by atoms with Crippen LogP contribution in [0.3, 0.4) is 0 Å². The highest BCUT2D eigenvalue weighted by Crippen LogP contribution is 2.30. The smallest absolute Gasteiger partial charge is 0.255 e. The molecule has 1 fully saturated rings. The lowest BCUT2D eigenvalue weighted by atomic mass is 9.91. The fraction of sp³-hybridized carbons (Fsp3) is 0.278. The standard InChI is InChI=1S/C18H19NO3/c20-18(19-21)17(14-4-2-1-3-5-14)15-8-10-16(11-9-15)22-12-13-6-7-13/h1-5,8-11,13,17,21H,6-7,12H2,(H,19,20). The van der Waals surface area contributed by atoms with Crippen LogP contribution in [-0.4, -0.2) is 17.7 Å². The van der Waals surface area contributed by atoms with E-state index in [1.807, 2.05) is 54.6 Å². The van der Waals surface area contributed by atoms with Crippen LogP contribution in [0.15, 0.2) is 54.6 Å². The largest absolute Gasteiger partial charge is 0.493 e. The molecule has 2 aromatic rings. The van der Waals surface area contributed by atoms with Gasteiger partial charge in [0, 0.05) is 0 Å². The minimum Gasteiger partial charge on any atom is -0.493 e. The van der Waals surface area contributed by atoms with Crippen LogP contribution in [0.25, 0.3) is 0 Å². The first-order valence-electron chi connectivity index (χ1n) is 7.49. The predicted molar refractivity (Wildman–Crippen MR) is 82.9 cm³/mol. The number of hydrogen-bond acceptors (Lipinski definition) is 3. The SMILES string of the molecule is O=C(NO)C(c1ccccc1)c1ccc(OCC2CC2)cc1. The molecule has 0 spiro atoms. The number of ether oxygens (including phenoxy) is 1. The molecule has 1 saturated carbocycles. The molecule has 4 nitrogen and oxygen atoms in total. The summed E-state index contributed by atoms with van der Waals surface area (Å²) in [6, 6.07) is 16.9. The molecule has 114 valence electrons. The van der Waals surface area contributed by atoms with E-state index in [4.69, 9.17) is 9.94 Å². The monoisotopic (exact) mass is 297 g/mol. The van der Waals surface area contributed by atoms with Crippen molar-refractivity contribution in [2.24, 2.45) is 5.92 Å². The molecule has 0 aromatic heterocycles. The van der Waals surface area contributed by atoms with Crippen molar-refractivity contribution in [3.8, 4) is 5.75 Å². The van der Waals surface area contributed by atoms with Gasteiger partial charge in [-0.05, 0) is 42.0 Å². The maximum Gasteiger partial charge on any atom is 0.255 e. The molecule has 1 unspecified atom stereocenters. The summed E-state index contributed by atoms with van der Waals surface area (Å²) in [5.74, 6) is 0.533. The van der Waals surface area contributed by atoms with Gasteiger partial charge in [0.05, 0.1) is 12.5 Å². The van der Waals surface area contributed by atoms with E-state index in [2.05, 4.69) is 0 Å². The Labute approximate surface area is 129 Å². The van der Waals surface area contributed by atoms with Crippen LogP contribution in [0.1, 0.15) is 29.9 Å². The van der Waals surface area contributed by atoms with E-state index < -0.39 is 11.8 Å². The molecular weight excluding hydrogens is 278 g/mol. The van der Waals surface area contributed by atoms with Gasteiger partial charge in [0.15, 0.2) is 0 Å². The Bertz CT molecular complexity index is 621. The summed E-state index contributed by atoms with van der Waals surface area (Å²) in [5, 5.41) is 9.01. The fourth-order valence-corrected chi connectivity index (χ4v) is 2.46. The van der Waals surface area contributed by atoms with Crippen molar-refractivity contribution in [1.82, 2.24) is 5.48 Å². The van der Waals surface area contributed by atoms with Crippen molar-refractivity contribution in [3.63, 3.8) is 0 Å². The van der Waals surface area contributed by atoms with Gasteiger partial charge in [-0.1, -0.05) is 42.5 Å². The van der Waals surface area contributed by atoms with Crippen LogP contribution in [-0.2, 0) is 4.79 Å². The Kier molecular flexibility index (Phi) is 4.39. The Morgan fingerprint density at radius 2 is 1.73 bits per heavy atom. The van der Waals surface area contributed by atoms with Crippen molar-refractivity contribution in [2.75, 3.05) is 6.61 Å². The van der Waals surface area contributed by atoms with Crippen molar-refractivity contribution < 1.29 is 14.7 Å². The van der Waals surface area contributed by atoms with E-state index in [9.17, 15) is 4.79 Å².